The number of amides is 2. The Morgan fingerprint density at radius 2 is 1.82 bits per heavy atom. The molecule has 1 aliphatic rings. The first-order chi connectivity index (χ1) is 8.09. The van der Waals surface area contributed by atoms with E-state index in [1.54, 1.807) is 0 Å². The number of imide groups is 1. The highest BCUT2D eigenvalue weighted by Crippen LogP contribution is 2.08. The number of carbonyl (C=O) groups excluding carboxylic acids is 3. The molecule has 1 atom stereocenters. The average Bonchev–Trinajstić information content (AvgIpc) is 2.54. The van der Waals surface area contributed by atoms with Crippen LogP contribution in [0.1, 0.15) is 5.56 Å². The second-order valence-electron chi connectivity index (χ2n) is 3.74. The summed E-state index contributed by atoms with van der Waals surface area (Å²) < 4.78 is 0. The van der Waals surface area contributed by atoms with Crippen LogP contribution in [0.25, 0.3) is 0 Å². The van der Waals surface area contributed by atoms with Gasteiger partial charge in [0.15, 0.2) is 6.04 Å². The molecule has 1 saturated heterocycles. The molecule has 17 heavy (non-hydrogen) atoms. The lowest BCUT2D eigenvalue weighted by Crippen LogP contribution is -2.48. The number of Topliss-reactive ketones (excluding diaryl/α,β-unsaturated/α-hetero) is 1. The van der Waals surface area contributed by atoms with Crippen molar-refractivity contribution in [3.05, 3.63) is 35.9 Å². The lowest BCUT2D eigenvalue weighted by molar-refractivity contribution is -0.137. The number of hydrazine groups is 1. The van der Waals surface area contributed by atoms with E-state index in [-0.39, 0.29) is 6.54 Å². The smallest absolute Gasteiger partial charge is 0.288 e. The molecule has 1 heterocycles. The van der Waals surface area contributed by atoms with Crippen LogP contribution >= 0.6 is 0 Å². The van der Waals surface area contributed by atoms with Crippen LogP contribution in [0.2, 0.25) is 0 Å². The van der Waals surface area contributed by atoms with Gasteiger partial charge in [-0.15, -0.1) is 0 Å². The van der Waals surface area contributed by atoms with Crippen molar-refractivity contribution in [1.82, 2.24) is 10.3 Å². The summed E-state index contributed by atoms with van der Waals surface area (Å²) in [6.45, 7) is 0.220. The molecule has 1 aliphatic heterocycles. The van der Waals surface area contributed by atoms with Gasteiger partial charge < -0.3 is 0 Å². The Balaban J connectivity index is 2.11. The highest BCUT2D eigenvalue weighted by molar-refractivity contribution is 6.49. The van der Waals surface area contributed by atoms with E-state index in [0.29, 0.717) is 0 Å². The summed E-state index contributed by atoms with van der Waals surface area (Å²) in [4.78, 5) is 33.7. The van der Waals surface area contributed by atoms with Crippen molar-refractivity contribution in [2.45, 2.75) is 12.6 Å². The Morgan fingerprint density at radius 3 is 2.35 bits per heavy atom. The molecule has 6 heteroatoms. The van der Waals surface area contributed by atoms with E-state index < -0.39 is 23.6 Å². The largest absolute Gasteiger partial charge is 0.296 e. The fourth-order valence-corrected chi connectivity index (χ4v) is 1.67. The third kappa shape index (κ3) is 2.22. The van der Waals surface area contributed by atoms with Crippen LogP contribution in [0.3, 0.4) is 0 Å². The van der Waals surface area contributed by atoms with E-state index in [0.717, 1.165) is 10.6 Å². The van der Waals surface area contributed by atoms with Gasteiger partial charge in [0.25, 0.3) is 11.8 Å². The van der Waals surface area contributed by atoms with Crippen LogP contribution in [0.15, 0.2) is 30.3 Å². The number of hydrogen-bond donors (Lipinski definition) is 2. The number of nitrogens with one attached hydrogen (secondary N) is 1. The summed E-state index contributed by atoms with van der Waals surface area (Å²) in [7, 11) is 0. The van der Waals surface area contributed by atoms with E-state index >= 15 is 0 Å². The quantitative estimate of drug-likeness (QED) is 0.229. The molecule has 1 aromatic carbocycles. The molecular weight excluding hydrogens is 222 g/mol. The van der Waals surface area contributed by atoms with Crippen LogP contribution in [0.5, 0.6) is 0 Å². The van der Waals surface area contributed by atoms with Crippen LogP contribution in [0.4, 0.5) is 0 Å². The van der Waals surface area contributed by atoms with Gasteiger partial charge in [-0.3, -0.25) is 25.5 Å². The molecule has 1 aromatic rings. The summed E-state index contributed by atoms with van der Waals surface area (Å²) in [5.74, 6) is 3.27. The number of benzene rings is 1. The van der Waals surface area contributed by atoms with E-state index in [2.05, 4.69) is 0 Å². The molecule has 1 unspecified atom stereocenters. The molecule has 2 rings (SSSR count). The van der Waals surface area contributed by atoms with E-state index in [1.165, 1.54) is 0 Å². The van der Waals surface area contributed by atoms with Gasteiger partial charge in [0.2, 0.25) is 5.78 Å². The van der Waals surface area contributed by atoms with Gasteiger partial charge in [-0.1, -0.05) is 30.3 Å². The number of carbonyl (C=O) groups is 3. The number of rotatable bonds is 3. The normalized spacial score (nSPS) is 19.9. The van der Waals surface area contributed by atoms with Gasteiger partial charge in [0.1, 0.15) is 0 Å². The number of ketones is 1. The van der Waals surface area contributed by atoms with Crippen molar-refractivity contribution in [3.63, 3.8) is 0 Å². The summed E-state index contributed by atoms with van der Waals surface area (Å²) in [6.07, 6.45) is 0. The minimum absolute atomic E-state index is 0.220. The summed E-state index contributed by atoms with van der Waals surface area (Å²) in [5.41, 5.74) is 0.856. The molecule has 0 spiro atoms. The Morgan fingerprint density at radius 1 is 1.18 bits per heavy atom. The van der Waals surface area contributed by atoms with Gasteiger partial charge in [-0.05, 0) is 5.56 Å². The number of nitrogens with two attached hydrogens (primary N) is 1. The molecule has 88 valence electrons. The summed E-state index contributed by atoms with van der Waals surface area (Å²) in [6, 6.07) is 7.91. The van der Waals surface area contributed by atoms with Gasteiger partial charge >= 0.3 is 0 Å². The number of hydrogen-bond acceptors (Lipinski definition) is 5. The predicted octanol–water partition coefficient (Wildman–Crippen LogP) is -1.04. The monoisotopic (exact) mass is 233 g/mol. The van der Waals surface area contributed by atoms with Crippen molar-refractivity contribution >= 4 is 17.6 Å². The molecule has 1 fully saturated rings. The molecule has 0 radical (unpaired) electrons. The van der Waals surface area contributed by atoms with E-state index in [1.807, 2.05) is 35.6 Å². The Labute approximate surface area is 97.4 Å². The average molecular weight is 233 g/mol. The standard InChI is InChI=1S/C11H11N3O3/c12-14(6-7-4-2-1-3-5-7)8-9(15)11(17)13-10(8)16/h1-5,8H,6,12H2,(H,13,16,17). The number of nitrogens with zero attached hydrogens (tertiary/aromatic N) is 1. The van der Waals surface area contributed by atoms with Crippen LogP contribution < -0.4 is 11.2 Å². The Hall–Kier alpha value is -2.05. The van der Waals surface area contributed by atoms with Crippen LogP contribution in [-0.2, 0) is 20.9 Å². The highest BCUT2D eigenvalue weighted by atomic mass is 16.2. The van der Waals surface area contributed by atoms with Crippen molar-refractivity contribution in [3.8, 4) is 0 Å². The molecule has 0 saturated carbocycles. The first kappa shape index (κ1) is 11.4. The van der Waals surface area contributed by atoms with Gasteiger partial charge in [-0.25, -0.2) is 5.01 Å². The molecular formula is C11H11N3O3. The maximum atomic E-state index is 11.4. The fourth-order valence-electron chi connectivity index (χ4n) is 1.67. The summed E-state index contributed by atoms with van der Waals surface area (Å²) >= 11 is 0. The van der Waals surface area contributed by atoms with E-state index in [4.69, 9.17) is 5.84 Å². The molecule has 0 bridgehead atoms. The van der Waals surface area contributed by atoms with Crippen LogP contribution in [-0.4, -0.2) is 28.6 Å². The Kier molecular flexibility index (Phi) is 2.99. The second kappa shape index (κ2) is 4.44. The SMILES string of the molecule is NN(Cc1ccccc1)C1C(=O)NC(=O)C1=O. The van der Waals surface area contributed by atoms with Crippen molar-refractivity contribution < 1.29 is 14.4 Å². The van der Waals surface area contributed by atoms with Gasteiger partial charge in [0, 0.05) is 6.54 Å². The van der Waals surface area contributed by atoms with Crippen molar-refractivity contribution in [2.75, 3.05) is 0 Å². The summed E-state index contributed by atoms with van der Waals surface area (Å²) in [5, 5.41) is 3.00. The van der Waals surface area contributed by atoms with Crippen molar-refractivity contribution in [1.29, 1.82) is 0 Å². The molecule has 0 aromatic heterocycles. The minimum Gasteiger partial charge on any atom is -0.288 e. The topological polar surface area (TPSA) is 92.5 Å². The first-order valence-electron chi connectivity index (χ1n) is 5.04. The zero-order valence-corrected chi connectivity index (χ0v) is 8.92. The first-order valence-corrected chi connectivity index (χ1v) is 5.04. The zero-order chi connectivity index (χ0) is 12.4. The second-order valence-corrected chi connectivity index (χ2v) is 3.74. The minimum atomic E-state index is -1.22. The molecule has 3 N–H and O–H groups in total. The maximum absolute atomic E-state index is 11.4. The van der Waals surface area contributed by atoms with E-state index in [9.17, 15) is 14.4 Å². The van der Waals surface area contributed by atoms with Gasteiger partial charge in [-0.2, -0.15) is 0 Å². The lowest BCUT2D eigenvalue weighted by atomic mass is 10.1. The maximum Gasteiger partial charge on any atom is 0.296 e. The van der Waals surface area contributed by atoms with Crippen LogP contribution in [0, 0.1) is 0 Å². The third-order valence-electron chi connectivity index (χ3n) is 2.50. The molecule has 2 amide bonds. The third-order valence-corrected chi connectivity index (χ3v) is 2.50. The fraction of sp³-hybridized carbons (Fsp3) is 0.182. The molecule has 6 nitrogen and oxygen atoms in total. The zero-order valence-electron chi connectivity index (χ0n) is 8.92. The molecule has 0 aliphatic carbocycles. The highest BCUT2D eigenvalue weighted by Gasteiger charge is 2.43. The Bertz CT molecular complexity index is 472. The predicted molar refractivity (Wildman–Crippen MR) is 58.1 cm³/mol. The van der Waals surface area contributed by atoms with Crippen molar-refractivity contribution in [2.24, 2.45) is 5.84 Å². The van der Waals surface area contributed by atoms with Gasteiger partial charge in [0.05, 0.1) is 0 Å². The lowest BCUT2D eigenvalue weighted by Gasteiger charge is -2.19.